The van der Waals surface area contributed by atoms with E-state index in [-0.39, 0.29) is 0 Å². The van der Waals surface area contributed by atoms with Crippen LogP contribution in [-0.2, 0) is 11.2 Å². The van der Waals surface area contributed by atoms with Crippen molar-refractivity contribution in [2.24, 2.45) is 5.92 Å². The summed E-state index contributed by atoms with van der Waals surface area (Å²) in [6.45, 7) is 3.17. The van der Waals surface area contributed by atoms with Gasteiger partial charge in [-0.05, 0) is 43.4 Å². The van der Waals surface area contributed by atoms with Gasteiger partial charge in [0.2, 0.25) is 0 Å². The summed E-state index contributed by atoms with van der Waals surface area (Å²) in [7, 11) is 1.88. The van der Waals surface area contributed by atoms with E-state index in [1.807, 2.05) is 7.11 Å². The maximum absolute atomic E-state index is 5.94. The lowest BCUT2D eigenvalue weighted by Crippen LogP contribution is -2.47. The number of methoxy groups -OCH3 is 1. The second-order valence-corrected chi connectivity index (χ2v) is 6.91. The van der Waals surface area contributed by atoms with Crippen molar-refractivity contribution in [1.29, 1.82) is 0 Å². The smallest absolute Gasteiger partial charge is 0.0755 e. The van der Waals surface area contributed by atoms with Crippen LogP contribution in [0.1, 0.15) is 44.6 Å². The van der Waals surface area contributed by atoms with E-state index in [0.29, 0.717) is 18.1 Å². The van der Waals surface area contributed by atoms with Crippen molar-refractivity contribution in [1.82, 2.24) is 5.32 Å². The predicted molar refractivity (Wildman–Crippen MR) is 92.7 cm³/mol. The van der Waals surface area contributed by atoms with Crippen LogP contribution in [-0.4, -0.2) is 25.8 Å². The highest BCUT2D eigenvalue weighted by atomic mass is 79.9. The monoisotopic (exact) mass is 353 g/mol. The summed E-state index contributed by atoms with van der Waals surface area (Å²) in [4.78, 5) is 0. The Morgan fingerprint density at radius 3 is 2.57 bits per heavy atom. The van der Waals surface area contributed by atoms with Gasteiger partial charge in [0.1, 0.15) is 0 Å². The molecular weight excluding hydrogens is 326 g/mol. The lowest BCUT2D eigenvalue weighted by molar-refractivity contribution is 0.00865. The first-order chi connectivity index (χ1) is 10.3. The number of hydrogen-bond acceptors (Lipinski definition) is 2. The van der Waals surface area contributed by atoms with Gasteiger partial charge in [-0.3, -0.25) is 0 Å². The van der Waals surface area contributed by atoms with E-state index in [1.165, 1.54) is 42.1 Å². The number of ether oxygens (including phenoxy) is 1. The van der Waals surface area contributed by atoms with Gasteiger partial charge < -0.3 is 10.1 Å². The van der Waals surface area contributed by atoms with Crippen LogP contribution in [0.25, 0.3) is 0 Å². The van der Waals surface area contributed by atoms with Gasteiger partial charge in [-0.25, -0.2) is 0 Å². The van der Waals surface area contributed by atoms with E-state index in [2.05, 4.69) is 52.4 Å². The van der Waals surface area contributed by atoms with Crippen molar-refractivity contribution in [3.63, 3.8) is 0 Å². The van der Waals surface area contributed by atoms with Gasteiger partial charge in [0.25, 0.3) is 0 Å². The highest BCUT2D eigenvalue weighted by Crippen LogP contribution is 2.30. The third-order valence-corrected chi connectivity index (χ3v) is 5.42. The Morgan fingerprint density at radius 1 is 1.24 bits per heavy atom. The molecule has 0 bridgehead atoms. The quantitative estimate of drug-likeness (QED) is 0.775. The first-order valence-corrected chi connectivity index (χ1v) is 9.05. The average Bonchev–Trinajstić information content (AvgIpc) is 2.51. The summed E-state index contributed by atoms with van der Waals surface area (Å²) in [5, 5.41) is 3.66. The molecule has 118 valence electrons. The standard InChI is InChI=1S/C18H28BrNO/c1-3-20-17(13-15-11-7-8-12-16(15)19)18(21-2)14-9-5-4-6-10-14/h7-8,11-12,14,17-18,20H,3-6,9-10,13H2,1-2H3. The molecule has 0 saturated heterocycles. The molecule has 2 atom stereocenters. The molecule has 1 aromatic carbocycles. The molecule has 1 fully saturated rings. The molecule has 0 aliphatic heterocycles. The number of benzene rings is 1. The van der Waals surface area contributed by atoms with Gasteiger partial charge in [0.05, 0.1) is 6.10 Å². The molecule has 0 heterocycles. The van der Waals surface area contributed by atoms with E-state index < -0.39 is 0 Å². The third kappa shape index (κ3) is 4.80. The number of hydrogen-bond donors (Lipinski definition) is 1. The van der Waals surface area contributed by atoms with Crippen LogP contribution in [0.3, 0.4) is 0 Å². The minimum Gasteiger partial charge on any atom is -0.380 e. The minimum absolute atomic E-state index is 0.317. The average molecular weight is 354 g/mol. The molecule has 0 spiro atoms. The molecule has 2 unspecified atom stereocenters. The molecule has 1 aliphatic carbocycles. The fourth-order valence-electron chi connectivity index (χ4n) is 3.62. The van der Waals surface area contributed by atoms with Gasteiger partial charge in [-0.1, -0.05) is 60.3 Å². The molecule has 1 aliphatic rings. The molecule has 2 nitrogen and oxygen atoms in total. The molecule has 1 aromatic rings. The van der Waals surface area contributed by atoms with Crippen LogP contribution in [0, 0.1) is 5.92 Å². The first-order valence-electron chi connectivity index (χ1n) is 8.25. The van der Waals surface area contributed by atoms with Gasteiger partial charge in [0.15, 0.2) is 0 Å². The predicted octanol–water partition coefficient (Wildman–Crippen LogP) is 4.57. The lowest BCUT2D eigenvalue weighted by atomic mass is 9.81. The van der Waals surface area contributed by atoms with Gasteiger partial charge >= 0.3 is 0 Å². The van der Waals surface area contributed by atoms with Crippen LogP contribution in [0.4, 0.5) is 0 Å². The summed E-state index contributed by atoms with van der Waals surface area (Å²) in [5.41, 5.74) is 1.36. The maximum atomic E-state index is 5.94. The second kappa shape index (κ2) is 8.92. The molecule has 3 heteroatoms. The molecule has 0 radical (unpaired) electrons. The lowest BCUT2D eigenvalue weighted by Gasteiger charge is -2.35. The van der Waals surface area contributed by atoms with Crippen LogP contribution in [0.2, 0.25) is 0 Å². The summed E-state index contributed by atoms with van der Waals surface area (Å²) >= 11 is 3.67. The summed E-state index contributed by atoms with van der Waals surface area (Å²) < 4.78 is 7.14. The Kier molecular flexibility index (Phi) is 7.21. The SMILES string of the molecule is CCNC(Cc1ccccc1Br)C(OC)C1CCCCC1. The van der Waals surface area contributed by atoms with Crippen molar-refractivity contribution in [2.75, 3.05) is 13.7 Å². The maximum Gasteiger partial charge on any atom is 0.0755 e. The van der Waals surface area contributed by atoms with Crippen molar-refractivity contribution < 1.29 is 4.74 Å². The Morgan fingerprint density at radius 2 is 1.95 bits per heavy atom. The van der Waals surface area contributed by atoms with Crippen molar-refractivity contribution >= 4 is 15.9 Å². The Hall–Kier alpha value is -0.380. The van der Waals surface area contributed by atoms with Gasteiger partial charge in [-0.2, -0.15) is 0 Å². The molecule has 2 rings (SSSR count). The van der Waals surface area contributed by atoms with E-state index in [0.717, 1.165) is 13.0 Å². The zero-order valence-corrected chi connectivity index (χ0v) is 14.9. The molecule has 0 aromatic heterocycles. The highest BCUT2D eigenvalue weighted by molar-refractivity contribution is 9.10. The third-order valence-electron chi connectivity index (χ3n) is 4.65. The largest absolute Gasteiger partial charge is 0.380 e. The van der Waals surface area contributed by atoms with Crippen LogP contribution in [0.15, 0.2) is 28.7 Å². The van der Waals surface area contributed by atoms with Crippen molar-refractivity contribution in [3.8, 4) is 0 Å². The van der Waals surface area contributed by atoms with Gasteiger partial charge in [-0.15, -0.1) is 0 Å². The summed E-state index contributed by atoms with van der Waals surface area (Å²) in [5.74, 6) is 0.704. The van der Waals surface area contributed by atoms with Crippen molar-refractivity contribution in [2.45, 2.75) is 57.6 Å². The van der Waals surface area contributed by atoms with E-state index in [1.54, 1.807) is 0 Å². The molecular formula is C18H28BrNO. The Bertz CT molecular complexity index is 417. The van der Waals surface area contributed by atoms with Crippen LogP contribution in [0.5, 0.6) is 0 Å². The summed E-state index contributed by atoms with van der Waals surface area (Å²) in [6.07, 6.45) is 8.08. The normalized spacial score (nSPS) is 19.4. The number of likely N-dealkylation sites (N-methyl/N-ethyl adjacent to an activating group) is 1. The zero-order valence-electron chi connectivity index (χ0n) is 13.3. The molecule has 21 heavy (non-hydrogen) atoms. The van der Waals surface area contributed by atoms with Crippen LogP contribution >= 0.6 is 15.9 Å². The minimum atomic E-state index is 0.317. The Balaban J connectivity index is 2.10. The fraction of sp³-hybridized carbons (Fsp3) is 0.667. The molecule has 0 amide bonds. The van der Waals surface area contributed by atoms with Crippen molar-refractivity contribution in [3.05, 3.63) is 34.3 Å². The summed E-state index contributed by atoms with van der Waals surface area (Å²) in [6, 6.07) is 8.92. The zero-order chi connectivity index (χ0) is 15.1. The second-order valence-electron chi connectivity index (χ2n) is 6.06. The molecule has 1 saturated carbocycles. The van der Waals surface area contributed by atoms with Gasteiger partial charge in [0, 0.05) is 17.6 Å². The fourth-order valence-corrected chi connectivity index (χ4v) is 4.06. The van der Waals surface area contributed by atoms with E-state index in [9.17, 15) is 0 Å². The molecule has 1 N–H and O–H groups in total. The number of halogens is 1. The highest BCUT2D eigenvalue weighted by Gasteiger charge is 2.30. The number of rotatable bonds is 7. The topological polar surface area (TPSA) is 21.3 Å². The first kappa shape index (κ1) is 17.0. The van der Waals surface area contributed by atoms with E-state index in [4.69, 9.17) is 4.74 Å². The van der Waals surface area contributed by atoms with E-state index >= 15 is 0 Å². The Labute approximate surface area is 137 Å². The number of nitrogens with one attached hydrogen (secondary N) is 1. The van der Waals surface area contributed by atoms with Crippen LogP contribution < -0.4 is 5.32 Å².